The zero-order valence-electron chi connectivity index (χ0n) is 16.8. The zero-order chi connectivity index (χ0) is 20.4. The van der Waals surface area contributed by atoms with E-state index in [-0.39, 0.29) is 24.3 Å². The first-order valence-electron chi connectivity index (χ1n) is 9.88. The quantitative estimate of drug-likeness (QED) is 0.691. The Bertz CT molecular complexity index is 901. The molecule has 2 aromatic rings. The average molecular weight is 394 g/mol. The smallest absolute Gasteiger partial charge is 0.242 e. The maximum absolute atomic E-state index is 13.5. The van der Waals surface area contributed by atoms with Gasteiger partial charge in [-0.25, -0.2) is 0 Å². The van der Waals surface area contributed by atoms with E-state index in [9.17, 15) is 9.59 Å². The lowest BCUT2D eigenvalue weighted by atomic mass is 9.92. The van der Waals surface area contributed by atoms with Crippen LogP contribution in [0, 0.1) is 5.41 Å². The highest BCUT2D eigenvalue weighted by Gasteiger charge is 2.66. The summed E-state index contributed by atoms with van der Waals surface area (Å²) in [6.07, 6.45) is 0.750. The molecule has 1 heterocycles. The van der Waals surface area contributed by atoms with Gasteiger partial charge in [-0.15, -0.1) is 0 Å². The number of amides is 2. The third-order valence-corrected chi connectivity index (χ3v) is 5.94. The molecule has 29 heavy (non-hydrogen) atoms. The van der Waals surface area contributed by atoms with Gasteiger partial charge in [0.15, 0.2) is 0 Å². The molecule has 0 aromatic heterocycles. The Morgan fingerprint density at radius 3 is 2.66 bits per heavy atom. The van der Waals surface area contributed by atoms with Gasteiger partial charge in [-0.1, -0.05) is 36.4 Å². The summed E-state index contributed by atoms with van der Waals surface area (Å²) in [6.45, 7) is 1.29. The molecule has 1 saturated carbocycles. The molecule has 0 radical (unpaired) electrons. The number of methoxy groups -OCH3 is 1. The van der Waals surface area contributed by atoms with E-state index in [0.717, 1.165) is 23.4 Å². The zero-order valence-corrected chi connectivity index (χ0v) is 16.8. The number of carbonyl (C=O) groups excluding carboxylic acids is 2. The van der Waals surface area contributed by atoms with Crippen molar-refractivity contribution in [3.05, 3.63) is 60.2 Å². The van der Waals surface area contributed by atoms with Crippen molar-refractivity contribution >= 4 is 17.5 Å². The number of para-hydroxylation sites is 2. The molecule has 0 saturated heterocycles. The highest BCUT2D eigenvalue weighted by Crippen LogP contribution is 2.65. The molecule has 0 N–H and O–H groups in total. The van der Waals surface area contributed by atoms with Gasteiger partial charge in [-0.05, 0) is 30.2 Å². The van der Waals surface area contributed by atoms with Crippen LogP contribution in [0.15, 0.2) is 54.6 Å². The molecule has 0 bridgehead atoms. The van der Waals surface area contributed by atoms with E-state index in [1.807, 2.05) is 48.5 Å². The fourth-order valence-electron chi connectivity index (χ4n) is 4.07. The van der Waals surface area contributed by atoms with Crippen LogP contribution in [0.4, 0.5) is 5.69 Å². The summed E-state index contributed by atoms with van der Waals surface area (Å²) in [7, 11) is 3.34. The second-order valence-corrected chi connectivity index (χ2v) is 7.77. The van der Waals surface area contributed by atoms with Crippen molar-refractivity contribution in [1.82, 2.24) is 4.90 Å². The molecule has 2 aromatic carbocycles. The van der Waals surface area contributed by atoms with Crippen molar-refractivity contribution in [3.63, 3.8) is 0 Å². The number of ether oxygens (including phenoxy) is 2. The van der Waals surface area contributed by atoms with Crippen LogP contribution in [0.2, 0.25) is 0 Å². The molecule has 2 atom stereocenters. The number of rotatable bonds is 8. The molecule has 0 spiro atoms. The van der Waals surface area contributed by atoms with Crippen LogP contribution in [-0.2, 0) is 14.3 Å². The Balaban J connectivity index is 1.55. The van der Waals surface area contributed by atoms with Crippen molar-refractivity contribution in [2.75, 3.05) is 45.4 Å². The Hall–Kier alpha value is -2.86. The Kier molecular flexibility index (Phi) is 5.28. The fraction of sp³-hybridized carbons (Fsp3) is 0.391. The number of carbonyl (C=O) groups is 2. The second-order valence-electron chi connectivity index (χ2n) is 7.77. The van der Waals surface area contributed by atoms with Crippen LogP contribution < -0.4 is 9.64 Å². The number of hydrogen-bond donors (Lipinski definition) is 0. The van der Waals surface area contributed by atoms with Gasteiger partial charge in [0, 0.05) is 32.3 Å². The Morgan fingerprint density at radius 1 is 1.17 bits per heavy atom. The summed E-state index contributed by atoms with van der Waals surface area (Å²) in [5.41, 5.74) is 1.37. The topological polar surface area (TPSA) is 59.1 Å². The molecular formula is C23H26N2O4. The van der Waals surface area contributed by atoms with Crippen molar-refractivity contribution in [2.24, 2.45) is 5.41 Å². The van der Waals surface area contributed by atoms with Crippen LogP contribution >= 0.6 is 0 Å². The molecule has 1 aliphatic heterocycles. The minimum absolute atomic E-state index is 0.0226. The summed E-state index contributed by atoms with van der Waals surface area (Å²) >= 11 is 0. The largest absolute Gasteiger partial charge is 0.492 e. The van der Waals surface area contributed by atoms with Crippen molar-refractivity contribution < 1.29 is 19.1 Å². The lowest BCUT2D eigenvalue weighted by Crippen LogP contribution is -2.49. The summed E-state index contributed by atoms with van der Waals surface area (Å²) < 4.78 is 11.0. The van der Waals surface area contributed by atoms with E-state index in [2.05, 4.69) is 6.07 Å². The van der Waals surface area contributed by atoms with E-state index in [4.69, 9.17) is 9.47 Å². The first-order valence-corrected chi connectivity index (χ1v) is 9.88. The monoisotopic (exact) mass is 394 g/mol. The number of nitrogens with zero attached hydrogens (tertiary/aromatic N) is 2. The summed E-state index contributed by atoms with van der Waals surface area (Å²) in [6, 6.07) is 17.4. The van der Waals surface area contributed by atoms with E-state index < -0.39 is 5.41 Å². The van der Waals surface area contributed by atoms with Gasteiger partial charge in [0.2, 0.25) is 11.8 Å². The molecule has 4 rings (SSSR count). The van der Waals surface area contributed by atoms with Crippen LogP contribution in [0.5, 0.6) is 5.75 Å². The molecule has 1 aliphatic carbocycles. The number of benzene rings is 2. The van der Waals surface area contributed by atoms with Crippen LogP contribution in [0.25, 0.3) is 0 Å². The third kappa shape index (κ3) is 3.60. The average Bonchev–Trinajstić information content (AvgIpc) is 3.50. The first-order chi connectivity index (χ1) is 14.1. The SMILES string of the molecule is COCCN(C)C(=O)CN1C(=O)[C@@]2(COc3ccccc3)C[C@H]2c2ccccc21. The van der Waals surface area contributed by atoms with Gasteiger partial charge in [0.25, 0.3) is 0 Å². The van der Waals surface area contributed by atoms with Crippen LogP contribution in [0.1, 0.15) is 17.9 Å². The van der Waals surface area contributed by atoms with Crippen molar-refractivity contribution in [3.8, 4) is 5.75 Å². The maximum Gasteiger partial charge on any atom is 0.242 e. The van der Waals surface area contributed by atoms with E-state index in [1.54, 1.807) is 24.0 Å². The third-order valence-electron chi connectivity index (χ3n) is 5.94. The lowest BCUT2D eigenvalue weighted by molar-refractivity contribution is -0.132. The Morgan fingerprint density at radius 2 is 1.90 bits per heavy atom. The van der Waals surface area contributed by atoms with E-state index in [1.165, 1.54) is 0 Å². The maximum atomic E-state index is 13.5. The molecule has 1 fully saturated rings. The normalized spacial score (nSPS) is 21.9. The molecule has 6 nitrogen and oxygen atoms in total. The van der Waals surface area contributed by atoms with Gasteiger partial charge < -0.3 is 19.3 Å². The summed E-state index contributed by atoms with van der Waals surface area (Å²) in [5, 5.41) is 0. The molecule has 0 unspecified atom stereocenters. The van der Waals surface area contributed by atoms with Gasteiger partial charge in [0.05, 0.1) is 12.0 Å². The predicted molar refractivity (Wildman–Crippen MR) is 110 cm³/mol. The predicted octanol–water partition coefficient (Wildman–Crippen LogP) is 2.69. The molecule has 6 heteroatoms. The van der Waals surface area contributed by atoms with Crippen LogP contribution in [0.3, 0.4) is 0 Å². The van der Waals surface area contributed by atoms with Gasteiger partial charge in [-0.2, -0.15) is 0 Å². The number of hydrogen-bond acceptors (Lipinski definition) is 4. The highest BCUT2D eigenvalue weighted by atomic mass is 16.5. The molecule has 2 aliphatic rings. The van der Waals surface area contributed by atoms with E-state index >= 15 is 0 Å². The summed E-state index contributed by atoms with van der Waals surface area (Å²) in [5.74, 6) is 0.766. The molecule has 2 amide bonds. The van der Waals surface area contributed by atoms with E-state index in [0.29, 0.717) is 19.8 Å². The lowest BCUT2D eigenvalue weighted by Gasteiger charge is -2.34. The van der Waals surface area contributed by atoms with Crippen LogP contribution in [-0.4, -0.2) is 57.2 Å². The van der Waals surface area contributed by atoms with Gasteiger partial charge in [0.1, 0.15) is 18.9 Å². The molecule has 152 valence electrons. The first kappa shape index (κ1) is 19.5. The number of likely N-dealkylation sites (N-methyl/N-ethyl adjacent to an activating group) is 1. The Labute approximate surface area is 171 Å². The van der Waals surface area contributed by atoms with Crippen molar-refractivity contribution in [1.29, 1.82) is 0 Å². The minimum Gasteiger partial charge on any atom is -0.492 e. The minimum atomic E-state index is -0.588. The van der Waals surface area contributed by atoms with Gasteiger partial charge >= 0.3 is 0 Å². The molecular weight excluding hydrogens is 368 g/mol. The standard InChI is InChI=1S/C23H26N2O4/c1-24(12-13-28-2)21(26)15-25-20-11-7-6-10-18(20)19-14-23(19,22(25)27)16-29-17-8-4-3-5-9-17/h3-11,19H,12-16H2,1-2H3/t19-,23+/m0/s1. The number of fused-ring (bicyclic) bond motifs is 3. The fourth-order valence-corrected chi connectivity index (χ4v) is 4.07. The van der Waals surface area contributed by atoms with Gasteiger partial charge in [-0.3, -0.25) is 9.59 Å². The van der Waals surface area contributed by atoms with Crippen molar-refractivity contribution in [2.45, 2.75) is 12.3 Å². The number of anilines is 1. The highest BCUT2D eigenvalue weighted by molar-refractivity contribution is 6.07. The second kappa shape index (κ2) is 7.87. The summed E-state index contributed by atoms with van der Waals surface area (Å²) in [4.78, 5) is 29.5.